The highest BCUT2D eigenvalue weighted by molar-refractivity contribution is 7.97. The van der Waals surface area contributed by atoms with Crippen molar-refractivity contribution in [1.29, 1.82) is 0 Å². The summed E-state index contributed by atoms with van der Waals surface area (Å²) in [6.45, 7) is 1.24. The Hall–Kier alpha value is 0.0000000000000000139. The van der Waals surface area contributed by atoms with E-state index in [0.29, 0.717) is 6.54 Å². The fraction of sp³-hybridized carbons (Fsp3) is 0.800. The molecule has 0 amide bonds. The highest BCUT2D eigenvalue weighted by atomic mass is 32.1. The number of rotatable bonds is 4. The van der Waals surface area contributed by atoms with Crippen LogP contribution in [0.25, 0.3) is 0 Å². The summed E-state index contributed by atoms with van der Waals surface area (Å²) in [6.07, 6.45) is 0. The molecule has 0 radical (unpaired) electrons. The second kappa shape index (κ2) is 4.89. The van der Waals surface area contributed by atoms with Crippen LogP contribution >= 0.6 is 19.8 Å². The van der Waals surface area contributed by atoms with Gasteiger partial charge in [0.15, 0.2) is 4.73 Å². The first-order valence-corrected chi connectivity index (χ1v) is 5.49. The maximum atomic E-state index is 10.5. The van der Waals surface area contributed by atoms with Gasteiger partial charge in [-0.25, -0.2) is 0 Å². The van der Waals surface area contributed by atoms with Gasteiger partial charge in [-0.15, -0.1) is 0 Å². The second-order valence-corrected chi connectivity index (χ2v) is 4.98. The van der Waals surface area contributed by atoms with Crippen LogP contribution in [0.1, 0.15) is 0 Å². The fourth-order valence-electron chi connectivity index (χ4n) is 0.522. The Morgan fingerprint density at radius 2 is 2.08 bits per heavy atom. The van der Waals surface area contributed by atoms with E-state index in [-0.39, 0.29) is 4.73 Å². The zero-order valence-corrected chi connectivity index (χ0v) is 8.78. The topological polar surface area (TPSA) is 74.0 Å². The van der Waals surface area contributed by atoms with Crippen LogP contribution < -0.4 is 10.2 Å². The molecule has 5 nitrogen and oxygen atoms in total. The van der Waals surface area contributed by atoms with E-state index in [0.717, 1.165) is 6.54 Å². The van der Waals surface area contributed by atoms with Crippen LogP contribution in [0, 0.1) is 0 Å². The number of quaternary nitrogens is 1. The lowest BCUT2D eigenvalue weighted by atomic mass is 10.6. The van der Waals surface area contributed by atoms with E-state index in [1.165, 1.54) is 4.90 Å². The monoisotopic (exact) mass is 213 g/mol. The second-order valence-electron chi connectivity index (χ2n) is 2.73. The molecule has 0 rings (SSSR count). The van der Waals surface area contributed by atoms with E-state index in [1.807, 2.05) is 14.1 Å². The third kappa shape index (κ3) is 5.62. The molecule has 0 aliphatic rings. The predicted octanol–water partition coefficient (Wildman–Crippen LogP) is -1.82. The molecular formula is C5H14N2O3PS+. The first-order chi connectivity index (χ1) is 5.34. The van der Waals surface area contributed by atoms with Crippen LogP contribution in [0.5, 0.6) is 0 Å². The Kier molecular flexibility index (Phi) is 4.89. The molecule has 72 valence electrons. The van der Waals surface area contributed by atoms with E-state index in [4.69, 9.17) is 9.79 Å². The molecule has 0 saturated carbocycles. The van der Waals surface area contributed by atoms with Crippen molar-refractivity contribution in [2.24, 2.45) is 0 Å². The van der Waals surface area contributed by atoms with Crippen LogP contribution in [-0.2, 0) is 4.57 Å². The van der Waals surface area contributed by atoms with Crippen molar-refractivity contribution in [1.82, 2.24) is 5.32 Å². The van der Waals surface area contributed by atoms with Gasteiger partial charge in [0.1, 0.15) is 0 Å². The summed E-state index contributed by atoms with van der Waals surface area (Å²) in [7, 11) is -0.312. The Morgan fingerprint density at radius 1 is 1.58 bits per heavy atom. The van der Waals surface area contributed by atoms with Gasteiger partial charge in [0, 0.05) is 0 Å². The van der Waals surface area contributed by atoms with Crippen molar-refractivity contribution in [2.45, 2.75) is 0 Å². The van der Waals surface area contributed by atoms with E-state index in [1.54, 1.807) is 0 Å². The van der Waals surface area contributed by atoms with Crippen molar-refractivity contribution in [3.05, 3.63) is 0 Å². The van der Waals surface area contributed by atoms with Gasteiger partial charge in [0.2, 0.25) is 0 Å². The molecule has 0 heterocycles. The van der Waals surface area contributed by atoms with E-state index in [2.05, 4.69) is 17.5 Å². The lowest BCUT2D eigenvalue weighted by Crippen LogP contribution is -3.06. The minimum Gasteiger partial charge on any atom is -0.364 e. The van der Waals surface area contributed by atoms with Crippen molar-refractivity contribution >= 4 is 24.5 Å². The van der Waals surface area contributed by atoms with Gasteiger partial charge in [0.25, 0.3) is 0 Å². The molecule has 0 unspecified atom stereocenters. The summed E-state index contributed by atoms with van der Waals surface area (Å²) in [5, 5.41) is 2.50. The summed E-state index contributed by atoms with van der Waals surface area (Å²) >= 11 is 4.46. The van der Waals surface area contributed by atoms with Gasteiger partial charge in [-0.3, -0.25) is 4.57 Å². The largest absolute Gasteiger partial charge is 0.383 e. The number of likely N-dealkylation sites (N-methyl/N-ethyl adjacent to an activating group) is 1. The summed E-state index contributed by atoms with van der Waals surface area (Å²) in [5.41, 5.74) is 0. The Labute approximate surface area is 76.9 Å². The van der Waals surface area contributed by atoms with Crippen molar-refractivity contribution in [3.8, 4) is 0 Å². The molecule has 12 heavy (non-hydrogen) atoms. The van der Waals surface area contributed by atoms with Gasteiger partial charge < -0.3 is 20.0 Å². The molecule has 0 aromatic heterocycles. The van der Waals surface area contributed by atoms with Crippen LogP contribution in [0.15, 0.2) is 0 Å². The molecule has 0 atom stereocenters. The van der Waals surface area contributed by atoms with Crippen LogP contribution in [-0.4, -0.2) is 41.7 Å². The van der Waals surface area contributed by atoms with Gasteiger partial charge in [-0.2, -0.15) is 0 Å². The minimum atomic E-state index is -4.21. The van der Waals surface area contributed by atoms with E-state index < -0.39 is 7.60 Å². The number of hydrogen-bond acceptors (Lipinski definition) is 2. The van der Waals surface area contributed by atoms with Crippen molar-refractivity contribution in [3.63, 3.8) is 0 Å². The quantitative estimate of drug-likeness (QED) is 0.327. The first-order valence-electron chi connectivity index (χ1n) is 3.47. The normalized spacial score (nSPS) is 11.8. The SMILES string of the molecule is C[NH+](C)CCNC(=S)P(=O)(O)O. The number of hydrogen-bond donors (Lipinski definition) is 4. The fourth-order valence-corrected chi connectivity index (χ4v) is 0.942. The maximum Gasteiger partial charge on any atom is 0.383 e. The number of nitrogens with one attached hydrogen (secondary N) is 2. The van der Waals surface area contributed by atoms with Crippen molar-refractivity contribution in [2.75, 3.05) is 27.2 Å². The molecule has 0 bridgehead atoms. The average molecular weight is 213 g/mol. The van der Waals surface area contributed by atoms with Gasteiger partial charge >= 0.3 is 7.60 Å². The molecule has 4 N–H and O–H groups in total. The summed E-state index contributed by atoms with van der Waals surface area (Å²) in [6, 6.07) is 0. The van der Waals surface area contributed by atoms with E-state index in [9.17, 15) is 4.57 Å². The molecule has 0 aliphatic carbocycles. The first kappa shape index (κ1) is 12.0. The molecule has 0 aliphatic heterocycles. The maximum absolute atomic E-state index is 10.5. The lowest BCUT2D eigenvalue weighted by molar-refractivity contribution is -0.856. The third-order valence-electron chi connectivity index (χ3n) is 1.17. The van der Waals surface area contributed by atoms with E-state index >= 15 is 0 Å². The highest BCUT2D eigenvalue weighted by Crippen LogP contribution is 2.34. The third-order valence-corrected chi connectivity index (χ3v) is 2.71. The van der Waals surface area contributed by atoms with Gasteiger partial charge in [0.05, 0.1) is 27.2 Å². The van der Waals surface area contributed by atoms with Crippen LogP contribution in [0.4, 0.5) is 0 Å². The molecule has 0 aromatic carbocycles. The summed E-state index contributed by atoms with van der Waals surface area (Å²) in [4.78, 5) is 18.3. The van der Waals surface area contributed by atoms with Gasteiger partial charge in [-0.1, -0.05) is 12.2 Å². The van der Waals surface area contributed by atoms with Crippen LogP contribution in [0.2, 0.25) is 0 Å². The Balaban J connectivity index is 3.67. The smallest absolute Gasteiger partial charge is 0.364 e. The minimum absolute atomic E-state index is 0.372. The number of thiocarbonyl (C=S) groups is 1. The van der Waals surface area contributed by atoms with Crippen molar-refractivity contribution < 1.29 is 19.3 Å². The summed E-state index contributed by atoms with van der Waals surface area (Å²) in [5.74, 6) is 0. The predicted molar refractivity (Wildman–Crippen MR) is 50.3 cm³/mol. The van der Waals surface area contributed by atoms with Crippen LogP contribution in [0.3, 0.4) is 0 Å². The molecule has 0 spiro atoms. The standard InChI is InChI=1S/C5H13N2O3PS/c1-7(2)4-3-6-5(12)11(8,9)10/h3-4H2,1-2H3,(H,6,12)(H2,8,9,10)/p+1. The Bertz CT molecular complexity index is 203. The average Bonchev–Trinajstić information content (AvgIpc) is 1.84. The molecule has 0 fully saturated rings. The molecular weight excluding hydrogens is 199 g/mol. The summed E-state index contributed by atoms with van der Waals surface area (Å²) < 4.78 is 10.1. The molecule has 0 aromatic rings. The lowest BCUT2D eigenvalue weighted by Gasteiger charge is -2.10. The zero-order valence-electron chi connectivity index (χ0n) is 7.07. The highest BCUT2D eigenvalue weighted by Gasteiger charge is 2.19. The molecule has 7 heteroatoms. The van der Waals surface area contributed by atoms with Gasteiger partial charge in [-0.05, 0) is 0 Å². The molecule has 0 saturated heterocycles. The zero-order chi connectivity index (χ0) is 9.78. The Morgan fingerprint density at radius 3 is 2.42 bits per heavy atom.